The number of halogens is 5. The fraction of sp³-hybridized carbons (Fsp3) is 0.0714. The van der Waals surface area contributed by atoms with Crippen molar-refractivity contribution in [1.29, 1.82) is 0 Å². The number of ketones is 1. The molecule has 2 rings (SSSR count). The van der Waals surface area contributed by atoms with E-state index in [-0.39, 0.29) is 21.2 Å². The Kier molecular flexibility index (Phi) is 4.35. The van der Waals surface area contributed by atoms with Crippen molar-refractivity contribution in [1.82, 2.24) is 0 Å². The molecule has 0 N–H and O–H groups in total. The summed E-state index contributed by atoms with van der Waals surface area (Å²) in [4.78, 5) is 12.0. The maximum absolute atomic E-state index is 13.6. The Bertz CT molecular complexity index is 666. The van der Waals surface area contributed by atoms with Gasteiger partial charge in [0, 0.05) is 22.6 Å². The van der Waals surface area contributed by atoms with Crippen molar-refractivity contribution in [3.05, 3.63) is 69.0 Å². The van der Waals surface area contributed by atoms with Crippen molar-refractivity contribution in [3.63, 3.8) is 0 Å². The van der Waals surface area contributed by atoms with Crippen LogP contribution in [-0.4, -0.2) is 5.78 Å². The summed E-state index contributed by atoms with van der Waals surface area (Å²) in [6, 6.07) is 5.37. The van der Waals surface area contributed by atoms with E-state index in [1.165, 1.54) is 12.1 Å². The lowest BCUT2D eigenvalue weighted by Crippen LogP contribution is -2.07. The first kappa shape index (κ1) is 14.9. The van der Waals surface area contributed by atoms with Crippen molar-refractivity contribution in [3.8, 4) is 0 Å². The molecule has 2 aromatic carbocycles. The van der Waals surface area contributed by atoms with Crippen LogP contribution in [-0.2, 0) is 6.42 Å². The second-order valence-corrected chi connectivity index (χ2v) is 4.86. The quantitative estimate of drug-likeness (QED) is 0.585. The Morgan fingerprint density at radius 2 is 1.60 bits per heavy atom. The van der Waals surface area contributed by atoms with E-state index in [9.17, 15) is 18.0 Å². The largest absolute Gasteiger partial charge is 0.294 e. The van der Waals surface area contributed by atoms with E-state index < -0.39 is 29.7 Å². The second-order valence-electron chi connectivity index (χ2n) is 4.05. The van der Waals surface area contributed by atoms with Gasteiger partial charge in [0.1, 0.15) is 5.82 Å². The Labute approximate surface area is 122 Å². The fourth-order valence-corrected chi connectivity index (χ4v) is 2.18. The maximum Gasteiger partial charge on any atom is 0.169 e. The molecule has 0 aliphatic rings. The molecule has 0 saturated carbocycles. The summed E-state index contributed by atoms with van der Waals surface area (Å²) in [6.07, 6.45) is -0.393. The van der Waals surface area contributed by atoms with Crippen LogP contribution in [0.2, 0.25) is 10.0 Å². The highest BCUT2D eigenvalue weighted by Crippen LogP contribution is 2.25. The predicted octanol–water partition coefficient (Wildman–Crippen LogP) is 4.84. The second kappa shape index (κ2) is 5.85. The Morgan fingerprint density at radius 1 is 0.950 bits per heavy atom. The molecule has 0 heterocycles. The van der Waals surface area contributed by atoms with E-state index in [0.29, 0.717) is 12.1 Å². The normalized spacial score (nSPS) is 10.7. The van der Waals surface area contributed by atoms with Gasteiger partial charge in [-0.2, -0.15) is 0 Å². The van der Waals surface area contributed by atoms with Crippen molar-refractivity contribution >= 4 is 29.0 Å². The third-order valence-corrected chi connectivity index (χ3v) is 3.38. The van der Waals surface area contributed by atoms with Crippen molar-refractivity contribution < 1.29 is 18.0 Å². The standard InChI is InChI=1S/C14H7Cl2F3O/c15-9-2-1-3-11(17)7(9)5-14(20)8-4-12(18)13(19)6-10(8)16/h1-4,6H,5H2. The molecule has 20 heavy (non-hydrogen) atoms. The molecule has 0 spiro atoms. The molecule has 0 bridgehead atoms. The zero-order valence-corrected chi connectivity index (χ0v) is 11.4. The predicted molar refractivity (Wildman–Crippen MR) is 70.8 cm³/mol. The van der Waals surface area contributed by atoms with Gasteiger partial charge in [0.15, 0.2) is 17.4 Å². The van der Waals surface area contributed by atoms with Gasteiger partial charge in [0.25, 0.3) is 0 Å². The van der Waals surface area contributed by atoms with E-state index in [0.717, 1.165) is 6.07 Å². The zero-order valence-electron chi connectivity index (χ0n) is 9.89. The number of benzene rings is 2. The highest BCUT2D eigenvalue weighted by atomic mass is 35.5. The molecular weight excluding hydrogens is 312 g/mol. The van der Waals surface area contributed by atoms with Gasteiger partial charge < -0.3 is 0 Å². The number of hydrogen-bond donors (Lipinski definition) is 0. The molecule has 0 aliphatic heterocycles. The lowest BCUT2D eigenvalue weighted by atomic mass is 10.0. The molecular formula is C14H7Cl2F3O. The fourth-order valence-electron chi connectivity index (χ4n) is 1.69. The summed E-state index contributed by atoms with van der Waals surface area (Å²) in [5, 5.41) is -0.154. The number of Topliss-reactive ketones (excluding diaryl/α,β-unsaturated/α-hetero) is 1. The third kappa shape index (κ3) is 2.97. The topological polar surface area (TPSA) is 17.1 Å². The van der Waals surface area contributed by atoms with Crippen LogP contribution in [0.1, 0.15) is 15.9 Å². The SMILES string of the molecule is O=C(Cc1c(F)cccc1Cl)c1cc(F)c(F)cc1Cl. The minimum Gasteiger partial charge on any atom is -0.294 e. The molecule has 6 heteroatoms. The molecule has 2 aromatic rings. The van der Waals surface area contributed by atoms with E-state index in [1.807, 2.05) is 0 Å². The van der Waals surface area contributed by atoms with E-state index in [1.54, 1.807) is 0 Å². The number of rotatable bonds is 3. The maximum atomic E-state index is 13.6. The molecule has 0 saturated heterocycles. The molecule has 0 fully saturated rings. The molecule has 0 unspecified atom stereocenters. The van der Waals surface area contributed by atoms with E-state index in [2.05, 4.69) is 0 Å². The average molecular weight is 319 g/mol. The Morgan fingerprint density at radius 3 is 2.25 bits per heavy atom. The first-order valence-corrected chi connectivity index (χ1v) is 6.26. The van der Waals surface area contributed by atoms with Gasteiger partial charge >= 0.3 is 0 Å². The molecule has 0 radical (unpaired) electrons. The van der Waals surface area contributed by atoms with Crippen molar-refractivity contribution in [2.75, 3.05) is 0 Å². The number of carbonyl (C=O) groups excluding carboxylic acids is 1. The van der Waals surface area contributed by atoms with Crippen molar-refractivity contribution in [2.45, 2.75) is 6.42 Å². The van der Waals surface area contributed by atoms with Gasteiger partial charge in [-0.1, -0.05) is 29.3 Å². The third-order valence-electron chi connectivity index (χ3n) is 2.71. The summed E-state index contributed by atoms with van der Waals surface area (Å²) in [5.74, 6) is -3.65. The van der Waals surface area contributed by atoms with Gasteiger partial charge in [0.2, 0.25) is 0 Å². The average Bonchev–Trinajstić information content (AvgIpc) is 2.38. The number of carbonyl (C=O) groups is 1. The van der Waals surface area contributed by atoms with E-state index in [4.69, 9.17) is 23.2 Å². The lowest BCUT2D eigenvalue weighted by molar-refractivity contribution is 0.0991. The minimum absolute atomic E-state index is 0.0139. The Hall–Kier alpha value is -1.52. The molecule has 0 atom stereocenters. The van der Waals surface area contributed by atoms with Gasteiger partial charge in [-0.25, -0.2) is 13.2 Å². The van der Waals surface area contributed by atoms with Crippen LogP contribution in [0.15, 0.2) is 30.3 Å². The summed E-state index contributed by atoms with van der Waals surface area (Å²) >= 11 is 11.5. The van der Waals surface area contributed by atoms with Gasteiger partial charge in [-0.05, 0) is 24.3 Å². The highest BCUT2D eigenvalue weighted by molar-refractivity contribution is 6.34. The van der Waals surface area contributed by atoms with Crippen LogP contribution in [0, 0.1) is 17.5 Å². The summed E-state index contributed by atoms with van der Waals surface area (Å²) < 4.78 is 39.6. The van der Waals surface area contributed by atoms with Crippen LogP contribution >= 0.6 is 23.2 Å². The smallest absolute Gasteiger partial charge is 0.169 e. The highest BCUT2D eigenvalue weighted by Gasteiger charge is 2.18. The lowest BCUT2D eigenvalue weighted by Gasteiger charge is -2.07. The van der Waals surface area contributed by atoms with Gasteiger partial charge in [0.05, 0.1) is 5.02 Å². The van der Waals surface area contributed by atoms with Crippen LogP contribution in [0.25, 0.3) is 0 Å². The van der Waals surface area contributed by atoms with E-state index >= 15 is 0 Å². The first-order valence-electron chi connectivity index (χ1n) is 5.50. The summed E-state index contributed by atoms with van der Waals surface area (Å²) in [7, 11) is 0. The Balaban J connectivity index is 2.36. The summed E-state index contributed by atoms with van der Waals surface area (Å²) in [6.45, 7) is 0. The zero-order chi connectivity index (χ0) is 14.9. The first-order chi connectivity index (χ1) is 9.40. The number of hydrogen-bond acceptors (Lipinski definition) is 1. The minimum atomic E-state index is -1.20. The van der Waals surface area contributed by atoms with Crippen LogP contribution in [0.3, 0.4) is 0 Å². The van der Waals surface area contributed by atoms with Crippen molar-refractivity contribution in [2.24, 2.45) is 0 Å². The molecule has 1 nitrogen and oxygen atoms in total. The van der Waals surface area contributed by atoms with Gasteiger partial charge in [-0.15, -0.1) is 0 Å². The molecule has 0 aromatic heterocycles. The van der Waals surface area contributed by atoms with Crippen LogP contribution < -0.4 is 0 Å². The monoisotopic (exact) mass is 318 g/mol. The molecule has 104 valence electrons. The molecule has 0 amide bonds. The molecule has 0 aliphatic carbocycles. The van der Waals surface area contributed by atoms with Crippen LogP contribution in [0.4, 0.5) is 13.2 Å². The summed E-state index contributed by atoms with van der Waals surface area (Å²) in [5.41, 5.74) is -0.232. The van der Waals surface area contributed by atoms with Gasteiger partial charge in [-0.3, -0.25) is 4.79 Å². The van der Waals surface area contributed by atoms with Crippen LogP contribution in [0.5, 0.6) is 0 Å².